The van der Waals surface area contributed by atoms with Gasteiger partial charge in [-0.15, -0.1) is 0 Å². The van der Waals surface area contributed by atoms with Gasteiger partial charge in [0.2, 0.25) is 0 Å². The van der Waals surface area contributed by atoms with Crippen LogP contribution >= 0.6 is 0 Å². The summed E-state index contributed by atoms with van der Waals surface area (Å²) in [5.41, 5.74) is 1.58. The van der Waals surface area contributed by atoms with E-state index in [0.717, 1.165) is 5.56 Å². The summed E-state index contributed by atoms with van der Waals surface area (Å²) in [5.74, 6) is -0.114. The number of nitriles is 1. The minimum absolute atomic E-state index is 0.114. The van der Waals surface area contributed by atoms with Gasteiger partial charge in [0.05, 0.1) is 11.6 Å². The second kappa shape index (κ2) is 4.49. The van der Waals surface area contributed by atoms with Crippen LogP contribution in [0.5, 0.6) is 0 Å². The highest BCUT2D eigenvalue weighted by molar-refractivity contribution is 5.66. The third-order valence-corrected chi connectivity index (χ3v) is 2.43. The summed E-state index contributed by atoms with van der Waals surface area (Å²) in [7, 11) is 0. The van der Waals surface area contributed by atoms with Crippen LogP contribution < -0.4 is 0 Å². The Morgan fingerprint density at radius 2 is 1.69 bits per heavy atom. The molecule has 1 nitrogen and oxygen atoms in total. The molecule has 0 aliphatic heterocycles. The van der Waals surface area contributed by atoms with Crippen LogP contribution in [-0.2, 0) is 0 Å². The quantitative estimate of drug-likeness (QED) is 0.687. The van der Waals surface area contributed by atoms with E-state index in [1.165, 1.54) is 0 Å². The van der Waals surface area contributed by atoms with Crippen molar-refractivity contribution in [2.75, 3.05) is 0 Å². The second-order valence-corrected chi connectivity index (χ2v) is 4.88. The zero-order valence-corrected chi connectivity index (χ0v) is 10.1. The van der Waals surface area contributed by atoms with Crippen molar-refractivity contribution in [3.63, 3.8) is 0 Å². The first kappa shape index (κ1) is 12.4. The number of halogens is 1. The average Bonchev–Trinajstić information content (AvgIpc) is 2.26. The first-order chi connectivity index (χ1) is 7.36. The molecule has 0 saturated heterocycles. The van der Waals surface area contributed by atoms with Crippen molar-refractivity contribution in [3.05, 3.63) is 41.2 Å². The number of rotatable bonds is 1. The molecule has 0 radical (unpaired) electrons. The molecule has 0 amide bonds. The molecule has 0 bridgehead atoms. The summed E-state index contributed by atoms with van der Waals surface area (Å²) in [4.78, 5) is 0. The fourth-order valence-corrected chi connectivity index (χ4v) is 1.48. The van der Waals surface area contributed by atoms with Gasteiger partial charge in [0, 0.05) is 5.41 Å². The van der Waals surface area contributed by atoms with E-state index in [-0.39, 0.29) is 5.83 Å². The fourth-order valence-electron chi connectivity index (χ4n) is 1.48. The minimum atomic E-state index is -0.474. The van der Waals surface area contributed by atoms with E-state index in [9.17, 15) is 4.39 Å². The third kappa shape index (κ3) is 2.70. The van der Waals surface area contributed by atoms with Gasteiger partial charge in [-0.05, 0) is 30.2 Å². The zero-order valence-electron chi connectivity index (χ0n) is 10.1. The van der Waals surface area contributed by atoms with Crippen molar-refractivity contribution in [1.82, 2.24) is 0 Å². The molecule has 1 aromatic carbocycles. The molecule has 0 aliphatic carbocycles. The molecule has 16 heavy (non-hydrogen) atoms. The molecule has 1 rings (SSSR count). The largest absolute Gasteiger partial charge is 0.211 e. The fraction of sp³-hybridized carbons (Fsp3) is 0.357. The number of benzene rings is 1. The normalized spacial score (nSPS) is 13.0. The highest BCUT2D eigenvalue weighted by Gasteiger charge is 2.20. The molecule has 0 atom stereocenters. The summed E-state index contributed by atoms with van der Waals surface area (Å²) in [6.07, 6.45) is 0. The van der Waals surface area contributed by atoms with Gasteiger partial charge in [0.1, 0.15) is 5.83 Å². The summed E-state index contributed by atoms with van der Waals surface area (Å²) < 4.78 is 14.0. The van der Waals surface area contributed by atoms with Gasteiger partial charge in [-0.25, -0.2) is 4.39 Å². The van der Waals surface area contributed by atoms with Crippen molar-refractivity contribution >= 4 is 5.57 Å². The highest BCUT2D eigenvalue weighted by atomic mass is 19.1. The van der Waals surface area contributed by atoms with Crippen LogP contribution in [0.15, 0.2) is 30.1 Å². The first-order valence-electron chi connectivity index (χ1n) is 5.23. The smallest absolute Gasteiger partial charge is 0.109 e. The Morgan fingerprint density at radius 3 is 2.06 bits per heavy atom. The molecule has 0 aliphatic rings. The predicted octanol–water partition coefficient (Wildman–Crippen LogP) is 4.30. The molecule has 0 saturated carbocycles. The average molecular weight is 217 g/mol. The molecular formula is C14H16FN. The lowest BCUT2D eigenvalue weighted by atomic mass is 9.90. The maximum atomic E-state index is 14.0. The van der Waals surface area contributed by atoms with Gasteiger partial charge in [0.25, 0.3) is 0 Å². The van der Waals surface area contributed by atoms with E-state index in [2.05, 4.69) is 0 Å². The molecule has 0 N–H and O–H groups in total. The Bertz CT molecular complexity index is 441. The molecule has 1 aromatic rings. The standard InChI is InChI=1S/C14H16FN/c1-10(13(15)14(2,3)4)12-7-5-11(9-16)6-8-12/h5-8H,1-4H3/b13-10+. The maximum absolute atomic E-state index is 14.0. The van der Waals surface area contributed by atoms with Crippen LogP contribution in [0.4, 0.5) is 4.39 Å². The molecule has 0 spiro atoms. The molecule has 84 valence electrons. The van der Waals surface area contributed by atoms with E-state index in [1.807, 2.05) is 26.8 Å². The third-order valence-electron chi connectivity index (χ3n) is 2.43. The van der Waals surface area contributed by atoms with Gasteiger partial charge in [-0.2, -0.15) is 5.26 Å². The van der Waals surface area contributed by atoms with Gasteiger partial charge < -0.3 is 0 Å². The van der Waals surface area contributed by atoms with Crippen LogP contribution in [0.1, 0.15) is 38.8 Å². The van der Waals surface area contributed by atoms with Crippen molar-refractivity contribution in [2.45, 2.75) is 27.7 Å². The lowest BCUT2D eigenvalue weighted by Gasteiger charge is -2.18. The number of hydrogen-bond donors (Lipinski definition) is 0. The van der Waals surface area contributed by atoms with Crippen LogP contribution in [-0.4, -0.2) is 0 Å². The number of nitrogens with zero attached hydrogens (tertiary/aromatic N) is 1. The van der Waals surface area contributed by atoms with Crippen molar-refractivity contribution in [2.24, 2.45) is 5.41 Å². The first-order valence-corrected chi connectivity index (χ1v) is 5.23. The molecule has 2 heteroatoms. The Kier molecular flexibility index (Phi) is 3.49. The van der Waals surface area contributed by atoms with E-state index in [4.69, 9.17) is 5.26 Å². The number of hydrogen-bond acceptors (Lipinski definition) is 1. The monoisotopic (exact) mass is 217 g/mol. The Labute approximate surface area is 96.2 Å². The molecule has 0 aromatic heterocycles. The van der Waals surface area contributed by atoms with Crippen molar-refractivity contribution in [1.29, 1.82) is 5.26 Å². The Morgan fingerprint density at radius 1 is 1.19 bits per heavy atom. The van der Waals surface area contributed by atoms with Crippen molar-refractivity contribution < 1.29 is 4.39 Å². The van der Waals surface area contributed by atoms with Crippen molar-refractivity contribution in [3.8, 4) is 6.07 Å². The van der Waals surface area contributed by atoms with Gasteiger partial charge >= 0.3 is 0 Å². The summed E-state index contributed by atoms with van der Waals surface area (Å²) in [6, 6.07) is 9.00. The molecule has 0 heterocycles. The summed E-state index contributed by atoms with van der Waals surface area (Å²) in [5, 5.41) is 8.67. The second-order valence-electron chi connectivity index (χ2n) is 4.88. The minimum Gasteiger partial charge on any atom is -0.211 e. The zero-order chi connectivity index (χ0) is 12.3. The number of allylic oxidation sites excluding steroid dienone is 2. The lowest BCUT2D eigenvalue weighted by molar-refractivity contribution is 0.386. The van der Waals surface area contributed by atoms with E-state index >= 15 is 0 Å². The van der Waals surface area contributed by atoms with Gasteiger partial charge in [-0.1, -0.05) is 32.9 Å². The van der Waals surface area contributed by atoms with E-state index in [0.29, 0.717) is 11.1 Å². The van der Waals surface area contributed by atoms with Crippen LogP contribution in [0.25, 0.3) is 5.57 Å². The SMILES string of the molecule is C/C(=C(\F)C(C)(C)C)c1ccc(C#N)cc1. The van der Waals surface area contributed by atoms with Crippen LogP contribution in [0, 0.1) is 16.7 Å². The highest BCUT2D eigenvalue weighted by Crippen LogP contribution is 2.33. The molecule has 0 unspecified atom stereocenters. The maximum Gasteiger partial charge on any atom is 0.109 e. The van der Waals surface area contributed by atoms with E-state index in [1.54, 1.807) is 31.2 Å². The van der Waals surface area contributed by atoms with Gasteiger partial charge in [-0.3, -0.25) is 0 Å². The van der Waals surface area contributed by atoms with E-state index < -0.39 is 5.41 Å². The Hall–Kier alpha value is -1.62. The Balaban J connectivity index is 3.15. The molecular weight excluding hydrogens is 201 g/mol. The van der Waals surface area contributed by atoms with Crippen LogP contribution in [0.3, 0.4) is 0 Å². The predicted molar refractivity (Wildman–Crippen MR) is 64.3 cm³/mol. The topological polar surface area (TPSA) is 23.8 Å². The van der Waals surface area contributed by atoms with Gasteiger partial charge in [0.15, 0.2) is 0 Å². The summed E-state index contributed by atoms with van der Waals surface area (Å²) >= 11 is 0. The van der Waals surface area contributed by atoms with Crippen LogP contribution in [0.2, 0.25) is 0 Å². The summed E-state index contributed by atoms with van der Waals surface area (Å²) in [6.45, 7) is 7.29. The lowest BCUT2D eigenvalue weighted by Crippen LogP contribution is -2.07. The molecule has 0 fully saturated rings.